The molecule has 7 heteroatoms. The molecule has 1 N–H and O–H groups in total. The molecule has 0 amide bonds. The van der Waals surface area contributed by atoms with E-state index in [9.17, 15) is 17.6 Å². The highest BCUT2D eigenvalue weighted by Gasteiger charge is 2.12. The van der Waals surface area contributed by atoms with Crippen molar-refractivity contribution in [2.75, 3.05) is 11.0 Å². The van der Waals surface area contributed by atoms with Crippen LogP contribution in [0.3, 0.4) is 0 Å². The highest BCUT2D eigenvalue weighted by molar-refractivity contribution is 7.92. The van der Waals surface area contributed by atoms with Crippen LogP contribution in [0.4, 0.5) is 10.1 Å². The van der Waals surface area contributed by atoms with Gasteiger partial charge in [0.25, 0.3) is 0 Å². The average Bonchev–Trinajstić information content (AvgIpc) is 2.41. The van der Waals surface area contributed by atoms with E-state index >= 15 is 0 Å². The lowest BCUT2D eigenvalue weighted by molar-refractivity contribution is 0.101. The van der Waals surface area contributed by atoms with Crippen molar-refractivity contribution < 1.29 is 22.3 Å². The third-order valence-corrected chi connectivity index (χ3v) is 3.32. The van der Waals surface area contributed by atoms with Crippen LogP contribution in [0.1, 0.15) is 17.3 Å². The van der Waals surface area contributed by atoms with E-state index in [1.54, 1.807) is 0 Å². The fourth-order valence-corrected chi connectivity index (χ4v) is 2.31. The number of halogens is 1. The second kappa shape index (κ2) is 6.15. The standard InChI is InChI=1S/C15H14FNO4S/c1-10(18)11-3-8-14(17-22(2,19)20)15(9-11)21-13-6-4-12(16)5-7-13/h3-9,17H,1-2H3. The SMILES string of the molecule is CC(=O)c1ccc(NS(C)(=O)=O)c(Oc2ccc(F)cc2)c1. The largest absolute Gasteiger partial charge is 0.455 e. The minimum absolute atomic E-state index is 0.157. The molecule has 0 bridgehead atoms. The maximum absolute atomic E-state index is 12.9. The number of anilines is 1. The van der Waals surface area contributed by atoms with E-state index in [0.29, 0.717) is 11.3 Å². The van der Waals surface area contributed by atoms with Gasteiger partial charge in [0, 0.05) is 5.56 Å². The van der Waals surface area contributed by atoms with Gasteiger partial charge in [0.05, 0.1) is 11.9 Å². The number of nitrogens with one attached hydrogen (secondary N) is 1. The van der Waals surface area contributed by atoms with Crippen LogP contribution in [-0.2, 0) is 10.0 Å². The van der Waals surface area contributed by atoms with Gasteiger partial charge in [-0.25, -0.2) is 12.8 Å². The summed E-state index contributed by atoms with van der Waals surface area (Å²) >= 11 is 0. The number of carbonyl (C=O) groups excluding carboxylic acids is 1. The monoisotopic (exact) mass is 323 g/mol. The number of ketones is 1. The molecular weight excluding hydrogens is 309 g/mol. The van der Waals surface area contributed by atoms with Gasteiger partial charge in [-0.1, -0.05) is 0 Å². The van der Waals surface area contributed by atoms with E-state index in [2.05, 4.69) is 4.72 Å². The predicted molar refractivity (Wildman–Crippen MR) is 81.4 cm³/mol. The van der Waals surface area contributed by atoms with Crippen molar-refractivity contribution in [2.45, 2.75) is 6.92 Å². The zero-order valence-corrected chi connectivity index (χ0v) is 12.8. The van der Waals surface area contributed by atoms with E-state index in [0.717, 1.165) is 6.26 Å². The van der Waals surface area contributed by atoms with E-state index in [-0.39, 0.29) is 17.2 Å². The second-order valence-electron chi connectivity index (χ2n) is 4.70. The van der Waals surface area contributed by atoms with Crippen LogP contribution in [0.5, 0.6) is 11.5 Å². The molecule has 5 nitrogen and oxygen atoms in total. The number of hydrogen-bond donors (Lipinski definition) is 1. The number of carbonyl (C=O) groups is 1. The normalized spacial score (nSPS) is 11.0. The van der Waals surface area contributed by atoms with Gasteiger partial charge in [-0.05, 0) is 49.4 Å². The van der Waals surface area contributed by atoms with Crippen LogP contribution in [0.25, 0.3) is 0 Å². The molecule has 0 unspecified atom stereocenters. The molecule has 0 spiro atoms. The predicted octanol–water partition coefficient (Wildman–Crippen LogP) is 3.19. The van der Waals surface area contributed by atoms with Crippen molar-refractivity contribution in [2.24, 2.45) is 0 Å². The van der Waals surface area contributed by atoms with Crippen molar-refractivity contribution in [3.8, 4) is 11.5 Å². The second-order valence-corrected chi connectivity index (χ2v) is 6.45. The minimum Gasteiger partial charge on any atom is -0.455 e. The Morgan fingerprint density at radius 3 is 2.32 bits per heavy atom. The molecule has 116 valence electrons. The van der Waals surface area contributed by atoms with E-state index in [4.69, 9.17) is 4.74 Å². The molecule has 2 rings (SSSR count). The Hall–Kier alpha value is -2.41. The molecule has 0 aliphatic rings. The molecule has 2 aromatic rings. The van der Waals surface area contributed by atoms with Crippen LogP contribution in [0.2, 0.25) is 0 Å². The van der Waals surface area contributed by atoms with Gasteiger partial charge in [0.2, 0.25) is 10.0 Å². The molecular formula is C15H14FNO4S. The van der Waals surface area contributed by atoms with Gasteiger partial charge in [0.15, 0.2) is 11.5 Å². The van der Waals surface area contributed by atoms with Crippen molar-refractivity contribution in [1.29, 1.82) is 0 Å². The number of Topliss-reactive ketones (excluding diaryl/α,β-unsaturated/α-hetero) is 1. The molecule has 2 aromatic carbocycles. The summed E-state index contributed by atoms with van der Waals surface area (Å²) in [5.74, 6) is -0.127. The third-order valence-electron chi connectivity index (χ3n) is 2.72. The number of hydrogen-bond acceptors (Lipinski definition) is 4. The molecule has 0 heterocycles. The summed E-state index contributed by atoms with van der Waals surface area (Å²) in [5.41, 5.74) is 0.563. The quantitative estimate of drug-likeness (QED) is 0.858. The Kier molecular flexibility index (Phi) is 4.46. The number of ether oxygens (including phenoxy) is 1. The minimum atomic E-state index is -3.51. The number of rotatable bonds is 5. The van der Waals surface area contributed by atoms with Crippen molar-refractivity contribution in [3.05, 3.63) is 53.8 Å². The summed E-state index contributed by atoms with van der Waals surface area (Å²) in [5, 5.41) is 0. The van der Waals surface area contributed by atoms with Crippen LogP contribution in [0, 0.1) is 5.82 Å². The van der Waals surface area contributed by atoms with Crippen LogP contribution in [0.15, 0.2) is 42.5 Å². The highest BCUT2D eigenvalue weighted by atomic mass is 32.2. The molecule has 0 saturated carbocycles. The zero-order valence-electron chi connectivity index (χ0n) is 12.0. The smallest absolute Gasteiger partial charge is 0.229 e. The van der Waals surface area contributed by atoms with Gasteiger partial charge in [0.1, 0.15) is 11.6 Å². The summed E-state index contributed by atoms with van der Waals surface area (Å²) in [6.45, 7) is 1.39. The fraction of sp³-hybridized carbons (Fsp3) is 0.133. The summed E-state index contributed by atoms with van der Waals surface area (Å²) in [6.07, 6.45) is 1.01. The van der Waals surface area contributed by atoms with Gasteiger partial charge >= 0.3 is 0 Å². The summed E-state index contributed by atoms with van der Waals surface area (Å²) in [4.78, 5) is 11.4. The summed E-state index contributed by atoms with van der Waals surface area (Å²) in [6, 6.07) is 9.60. The third kappa shape index (κ3) is 4.29. The molecule has 0 saturated heterocycles. The molecule has 0 aliphatic heterocycles. The fourth-order valence-electron chi connectivity index (χ4n) is 1.74. The first-order valence-electron chi connectivity index (χ1n) is 6.31. The lowest BCUT2D eigenvalue weighted by Gasteiger charge is -2.13. The van der Waals surface area contributed by atoms with Crippen molar-refractivity contribution in [1.82, 2.24) is 0 Å². The van der Waals surface area contributed by atoms with Crippen LogP contribution < -0.4 is 9.46 Å². The Labute approximate surface area is 127 Å². The lowest BCUT2D eigenvalue weighted by Crippen LogP contribution is -2.10. The first kappa shape index (κ1) is 16.0. The highest BCUT2D eigenvalue weighted by Crippen LogP contribution is 2.31. The van der Waals surface area contributed by atoms with E-state index < -0.39 is 15.8 Å². The Bertz CT molecular complexity index is 801. The summed E-state index contributed by atoms with van der Waals surface area (Å²) in [7, 11) is -3.51. The van der Waals surface area contributed by atoms with Gasteiger partial charge in [-0.3, -0.25) is 9.52 Å². The van der Waals surface area contributed by atoms with Gasteiger partial charge in [-0.2, -0.15) is 0 Å². The molecule has 0 atom stereocenters. The molecule has 0 radical (unpaired) electrons. The Morgan fingerprint density at radius 1 is 1.14 bits per heavy atom. The van der Waals surface area contributed by atoms with Crippen molar-refractivity contribution in [3.63, 3.8) is 0 Å². The maximum Gasteiger partial charge on any atom is 0.229 e. The topological polar surface area (TPSA) is 72.5 Å². The number of benzene rings is 2. The van der Waals surface area contributed by atoms with E-state index in [1.807, 2.05) is 0 Å². The molecule has 0 aliphatic carbocycles. The van der Waals surface area contributed by atoms with Crippen molar-refractivity contribution >= 4 is 21.5 Å². The van der Waals surface area contributed by atoms with Crippen LogP contribution in [-0.4, -0.2) is 20.5 Å². The van der Waals surface area contributed by atoms with E-state index in [1.165, 1.54) is 49.4 Å². The maximum atomic E-state index is 12.9. The first-order chi connectivity index (χ1) is 10.2. The Morgan fingerprint density at radius 2 is 1.77 bits per heavy atom. The molecule has 0 aromatic heterocycles. The lowest BCUT2D eigenvalue weighted by atomic mass is 10.1. The Balaban J connectivity index is 2.42. The zero-order chi connectivity index (χ0) is 16.3. The number of sulfonamides is 1. The van der Waals surface area contributed by atoms with Crippen LogP contribution >= 0.6 is 0 Å². The molecule has 22 heavy (non-hydrogen) atoms. The first-order valence-corrected chi connectivity index (χ1v) is 8.20. The average molecular weight is 323 g/mol. The molecule has 0 fully saturated rings. The van der Waals surface area contributed by atoms with Gasteiger partial charge < -0.3 is 4.74 Å². The van der Waals surface area contributed by atoms with Gasteiger partial charge in [-0.15, -0.1) is 0 Å². The summed E-state index contributed by atoms with van der Waals surface area (Å²) < 4.78 is 43.5.